The molecule has 2 N–H and O–H groups in total. The van der Waals surface area contributed by atoms with Gasteiger partial charge in [-0.15, -0.1) is 0 Å². The number of rotatable bonds is 7. The van der Waals surface area contributed by atoms with Crippen LogP contribution in [0.15, 0.2) is 48.8 Å². The fraction of sp³-hybridized carbons (Fsp3) is 0.211. The van der Waals surface area contributed by atoms with E-state index in [1.165, 1.54) is 18.2 Å². The Kier molecular flexibility index (Phi) is 5.71. The number of ether oxygens (including phenoxy) is 2. The van der Waals surface area contributed by atoms with Gasteiger partial charge in [-0.05, 0) is 43.3 Å². The van der Waals surface area contributed by atoms with Gasteiger partial charge in [-0.2, -0.15) is 18.3 Å². The topological polar surface area (TPSA) is 97.3 Å². The Hall–Kier alpha value is -3.56. The number of aromatic amines is 1. The number of halogens is 3. The van der Waals surface area contributed by atoms with Crippen LogP contribution in [0.3, 0.4) is 0 Å². The second kappa shape index (κ2) is 8.21. The van der Waals surface area contributed by atoms with E-state index < -0.39 is 30.4 Å². The van der Waals surface area contributed by atoms with Gasteiger partial charge < -0.3 is 14.6 Å². The number of hydrogen-bond donors (Lipinski definition) is 2. The first kappa shape index (κ1) is 20.2. The van der Waals surface area contributed by atoms with E-state index in [1.54, 1.807) is 25.3 Å². The van der Waals surface area contributed by atoms with E-state index in [9.17, 15) is 18.0 Å². The Morgan fingerprint density at radius 3 is 2.38 bits per heavy atom. The largest absolute Gasteiger partial charge is 0.482 e. The summed E-state index contributed by atoms with van der Waals surface area (Å²) in [6.07, 6.45) is -2.95. The van der Waals surface area contributed by atoms with Crippen molar-refractivity contribution in [3.8, 4) is 11.5 Å². The summed E-state index contributed by atoms with van der Waals surface area (Å²) in [5.74, 6) is -0.377. The predicted octanol–water partition coefficient (Wildman–Crippen LogP) is 3.76. The standard InChI is InChI=1S/C19H16F3N3O4/c1-11-15(9-24-25-11)18(16-7-2-12(8-23-16)19(20,21)22)29-14-5-3-13(4-6-14)28-10-17(26)27/h2-9,18H,10H2,1H3,(H,24,25)(H,26,27). The van der Waals surface area contributed by atoms with E-state index in [2.05, 4.69) is 15.2 Å². The molecular formula is C19H16F3N3O4. The van der Waals surface area contributed by atoms with Gasteiger partial charge in [0.25, 0.3) is 0 Å². The molecule has 7 nitrogen and oxygen atoms in total. The molecule has 0 amide bonds. The molecule has 2 heterocycles. The van der Waals surface area contributed by atoms with Crippen molar-refractivity contribution in [2.75, 3.05) is 6.61 Å². The third-order valence-corrected chi connectivity index (χ3v) is 3.97. The van der Waals surface area contributed by atoms with Crippen molar-refractivity contribution in [3.05, 3.63) is 71.3 Å². The van der Waals surface area contributed by atoms with Crippen molar-refractivity contribution >= 4 is 5.97 Å². The minimum atomic E-state index is -4.49. The minimum Gasteiger partial charge on any atom is -0.482 e. The van der Waals surface area contributed by atoms with E-state index in [-0.39, 0.29) is 5.69 Å². The molecule has 0 fully saturated rings. The first-order valence-electron chi connectivity index (χ1n) is 8.39. The lowest BCUT2D eigenvalue weighted by molar-refractivity contribution is -0.139. The highest BCUT2D eigenvalue weighted by molar-refractivity contribution is 5.68. The Labute approximate surface area is 163 Å². The zero-order valence-corrected chi connectivity index (χ0v) is 15.1. The zero-order chi connectivity index (χ0) is 21.0. The van der Waals surface area contributed by atoms with Crippen LogP contribution in [0.25, 0.3) is 0 Å². The molecule has 0 saturated heterocycles. The second-order valence-corrected chi connectivity index (χ2v) is 6.05. The summed E-state index contributed by atoms with van der Waals surface area (Å²) in [6.45, 7) is 1.25. The lowest BCUT2D eigenvalue weighted by Gasteiger charge is -2.19. The summed E-state index contributed by atoms with van der Waals surface area (Å²) in [6, 6.07) is 8.37. The highest BCUT2D eigenvalue weighted by Crippen LogP contribution is 2.32. The molecule has 0 spiro atoms. The predicted molar refractivity (Wildman–Crippen MR) is 94.6 cm³/mol. The van der Waals surface area contributed by atoms with Gasteiger partial charge in [0, 0.05) is 18.0 Å². The molecule has 10 heteroatoms. The third kappa shape index (κ3) is 5.03. The number of aliphatic carboxylic acids is 1. The maximum absolute atomic E-state index is 12.8. The lowest BCUT2D eigenvalue weighted by atomic mass is 10.1. The fourth-order valence-electron chi connectivity index (χ4n) is 2.54. The number of hydrogen-bond acceptors (Lipinski definition) is 5. The summed E-state index contributed by atoms with van der Waals surface area (Å²) in [5.41, 5.74) is 0.638. The number of alkyl halides is 3. The average Bonchev–Trinajstić information content (AvgIpc) is 3.10. The molecule has 0 aliphatic carbocycles. The van der Waals surface area contributed by atoms with E-state index in [4.69, 9.17) is 14.6 Å². The van der Waals surface area contributed by atoms with E-state index in [1.807, 2.05) is 0 Å². The molecular weight excluding hydrogens is 391 g/mol. The summed E-state index contributed by atoms with van der Waals surface area (Å²) < 4.78 is 49.5. The Morgan fingerprint density at radius 1 is 1.17 bits per heavy atom. The number of nitrogens with one attached hydrogen (secondary N) is 1. The summed E-state index contributed by atoms with van der Waals surface area (Å²) in [5, 5.41) is 15.4. The third-order valence-electron chi connectivity index (χ3n) is 3.97. The number of nitrogens with zero attached hydrogens (tertiary/aromatic N) is 2. The first-order chi connectivity index (χ1) is 13.7. The number of carboxylic acid groups (broad SMARTS) is 1. The molecule has 1 aromatic carbocycles. The van der Waals surface area contributed by atoms with Crippen molar-refractivity contribution in [3.63, 3.8) is 0 Å². The van der Waals surface area contributed by atoms with Crippen LogP contribution in [-0.2, 0) is 11.0 Å². The number of benzene rings is 1. The van der Waals surface area contributed by atoms with Gasteiger partial charge in [0.15, 0.2) is 12.7 Å². The van der Waals surface area contributed by atoms with Crippen LogP contribution in [0, 0.1) is 6.92 Å². The molecule has 0 saturated carbocycles. The van der Waals surface area contributed by atoms with Crippen molar-refractivity contribution in [1.82, 2.24) is 15.2 Å². The molecule has 3 rings (SSSR count). The maximum Gasteiger partial charge on any atom is 0.417 e. The van der Waals surface area contributed by atoms with Crippen molar-refractivity contribution in [2.24, 2.45) is 0 Å². The van der Waals surface area contributed by atoms with Gasteiger partial charge in [-0.1, -0.05) is 0 Å². The molecule has 0 aliphatic rings. The molecule has 3 aromatic rings. The zero-order valence-electron chi connectivity index (χ0n) is 15.1. The molecule has 0 radical (unpaired) electrons. The number of H-pyrrole nitrogens is 1. The van der Waals surface area contributed by atoms with Crippen LogP contribution >= 0.6 is 0 Å². The SMILES string of the molecule is Cc1n[nH]cc1C(Oc1ccc(OCC(=O)O)cc1)c1ccc(C(F)(F)F)cn1. The van der Waals surface area contributed by atoms with Crippen LogP contribution in [0.1, 0.15) is 28.6 Å². The van der Waals surface area contributed by atoms with Crippen LogP contribution in [0.2, 0.25) is 0 Å². The number of carbonyl (C=O) groups is 1. The summed E-state index contributed by atoms with van der Waals surface area (Å²) in [4.78, 5) is 14.5. The fourth-order valence-corrected chi connectivity index (χ4v) is 2.54. The quantitative estimate of drug-likeness (QED) is 0.619. The van der Waals surface area contributed by atoms with E-state index in [0.29, 0.717) is 22.8 Å². The van der Waals surface area contributed by atoms with Crippen LogP contribution < -0.4 is 9.47 Å². The van der Waals surface area contributed by atoms with Crippen molar-refractivity contribution in [1.29, 1.82) is 0 Å². The van der Waals surface area contributed by atoms with Gasteiger partial charge in [0.2, 0.25) is 0 Å². The van der Waals surface area contributed by atoms with E-state index >= 15 is 0 Å². The molecule has 1 atom stereocenters. The van der Waals surface area contributed by atoms with Crippen LogP contribution in [0.4, 0.5) is 13.2 Å². The number of aryl methyl sites for hydroxylation is 1. The van der Waals surface area contributed by atoms with Gasteiger partial charge in [0.05, 0.1) is 17.0 Å². The molecule has 2 aromatic heterocycles. The van der Waals surface area contributed by atoms with E-state index in [0.717, 1.165) is 12.3 Å². The van der Waals surface area contributed by atoms with Gasteiger partial charge >= 0.3 is 12.1 Å². The summed E-state index contributed by atoms with van der Waals surface area (Å²) >= 11 is 0. The Balaban J connectivity index is 1.85. The number of pyridine rings is 1. The lowest BCUT2D eigenvalue weighted by Crippen LogP contribution is -2.13. The highest BCUT2D eigenvalue weighted by Gasteiger charge is 2.31. The molecule has 0 bridgehead atoms. The maximum atomic E-state index is 12.8. The first-order valence-corrected chi connectivity index (χ1v) is 8.39. The Bertz CT molecular complexity index is 970. The average molecular weight is 407 g/mol. The molecule has 152 valence electrons. The van der Waals surface area contributed by atoms with Crippen LogP contribution in [-0.4, -0.2) is 32.9 Å². The van der Waals surface area contributed by atoms with Gasteiger partial charge in [0.1, 0.15) is 11.5 Å². The smallest absolute Gasteiger partial charge is 0.417 e. The minimum absolute atomic E-state index is 0.272. The molecule has 29 heavy (non-hydrogen) atoms. The monoisotopic (exact) mass is 407 g/mol. The normalized spacial score (nSPS) is 12.4. The number of carboxylic acids is 1. The number of aromatic nitrogens is 3. The molecule has 1 unspecified atom stereocenters. The van der Waals surface area contributed by atoms with Crippen LogP contribution in [0.5, 0.6) is 11.5 Å². The van der Waals surface area contributed by atoms with Crippen molar-refractivity contribution < 1.29 is 32.5 Å². The molecule has 0 aliphatic heterocycles. The highest BCUT2D eigenvalue weighted by atomic mass is 19.4. The summed E-state index contributed by atoms with van der Waals surface area (Å²) in [7, 11) is 0. The van der Waals surface area contributed by atoms with Crippen molar-refractivity contribution in [2.45, 2.75) is 19.2 Å². The Morgan fingerprint density at radius 2 is 1.86 bits per heavy atom. The van der Waals surface area contributed by atoms with Gasteiger partial charge in [-0.3, -0.25) is 10.1 Å². The van der Waals surface area contributed by atoms with Gasteiger partial charge in [-0.25, -0.2) is 4.79 Å². The second-order valence-electron chi connectivity index (χ2n) is 6.05.